The molecule has 4 nitrogen and oxygen atoms in total. The molecule has 3 aromatic carbocycles. The van der Waals surface area contributed by atoms with E-state index in [2.05, 4.69) is 54.7 Å². The van der Waals surface area contributed by atoms with Gasteiger partial charge in [0.15, 0.2) is 0 Å². The molecule has 1 N–H and O–H groups in total. The van der Waals surface area contributed by atoms with Gasteiger partial charge in [-0.05, 0) is 76.9 Å². The zero-order chi connectivity index (χ0) is 23.6. The van der Waals surface area contributed by atoms with Crippen molar-refractivity contribution in [1.82, 2.24) is 4.90 Å². The van der Waals surface area contributed by atoms with E-state index in [9.17, 15) is 12.8 Å². The molecule has 0 amide bonds. The summed E-state index contributed by atoms with van der Waals surface area (Å²) in [6, 6.07) is 19.5. The average Bonchev–Trinajstić information content (AvgIpc) is 2.78. The predicted molar refractivity (Wildman–Crippen MR) is 131 cm³/mol. The van der Waals surface area contributed by atoms with Crippen molar-refractivity contribution in [2.75, 3.05) is 17.8 Å². The van der Waals surface area contributed by atoms with Gasteiger partial charge in [-0.3, -0.25) is 9.62 Å². The van der Waals surface area contributed by atoms with Crippen LogP contribution in [-0.2, 0) is 34.8 Å². The van der Waals surface area contributed by atoms with Gasteiger partial charge in [-0.15, -0.1) is 0 Å². The summed E-state index contributed by atoms with van der Waals surface area (Å²) < 4.78 is 41.3. The minimum Gasteiger partial charge on any atom is -0.298 e. The number of nitrogens with zero attached hydrogens (tertiary/aromatic N) is 1. The number of halogens is 1. The van der Waals surface area contributed by atoms with Crippen molar-refractivity contribution < 1.29 is 12.8 Å². The molecule has 0 saturated carbocycles. The highest BCUT2D eigenvalue weighted by atomic mass is 32.2. The Kier molecular flexibility index (Phi) is 6.59. The van der Waals surface area contributed by atoms with Crippen molar-refractivity contribution in [2.24, 2.45) is 0 Å². The summed E-state index contributed by atoms with van der Waals surface area (Å²) in [6.45, 7) is 9.28. The quantitative estimate of drug-likeness (QED) is 0.520. The highest BCUT2D eigenvalue weighted by Gasteiger charge is 2.21. The van der Waals surface area contributed by atoms with Gasteiger partial charge in [0, 0.05) is 25.3 Å². The van der Waals surface area contributed by atoms with Crippen LogP contribution in [-0.4, -0.2) is 26.4 Å². The molecule has 0 aliphatic carbocycles. The Balaban J connectivity index is 1.42. The van der Waals surface area contributed by atoms with Crippen LogP contribution in [0.4, 0.5) is 10.1 Å². The van der Waals surface area contributed by atoms with Crippen LogP contribution in [0.3, 0.4) is 0 Å². The summed E-state index contributed by atoms with van der Waals surface area (Å²) in [5, 5.41) is 0. The monoisotopic (exact) mass is 466 g/mol. The molecule has 4 rings (SSSR count). The van der Waals surface area contributed by atoms with Crippen LogP contribution < -0.4 is 4.72 Å². The van der Waals surface area contributed by atoms with Gasteiger partial charge >= 0.3 is 0 Å². The Morgan fingerprint density at radius 2 is 1.64 bits per heavy atom. The van der Waals surface area contributed by atoms with Crippen LogP contribution in [0.2, 0.25) is 0 Å². The molecule has 0 unspecified atom stereocenters. The molecule has 0 radical (unpaired) electrons. The Bertz CT molecular complexity index is 1210. The van der Waals surface area contributed by atoms with E-state index in [1.807, 2.05) is 6.07 Å². The van der Waals surface area contributed by atoms with E-state index in [4.69, 9.17) is 0 Å². The summed E-state index contributed by atoms with van der Waals surface area (Å²) in [6.07, 6.45) is 1.87. The Morgan fingerprint density at radius 3 is 2.30 bits per heavy atom. The number of hydrogen-bond acceptors (Lipinski definition) is 3. The zero-order valence-corrected chi connectivity index (χ0v) is 20.3. The topological polar surface area (TPSA) is 49.4 Å². The maximum atomic E-state index is 13.1. The average molecular weight is 467 g/mol. The van der Waals surface area contributed by atoms with Crippen molar-refractivity contribution >= 4 is 15.7 Å². The van der Waals surface area contributed by atoms with Crippen molar-refractivity contribution in [3.05, 3.63) is 94.8 Å². The van der Waals surface area contributed by atoms with Crippen LogP contribution in [0.15, 0.2) is 71.6 Å². The molecule has 0 spiro atoms. The molecule has 1 aliphatic heterocycles. The lowest BCUT2D eigenvalue weighted by atomic mass is 9.86. The molecule has 0 fully saturated rings. The Hall–Kier alpha value is -2.70. The third-order valence-electron chi connectivity index (χ3n) is 6.21. The van der Waals surface area contributed by atoms with Gasteiger partial charge in [-0.1, -0.05) is 51.1 Å². The fourth-order valence-corrected chi connectivity index (χ4v) is 5.25. The maximum Gasteiger partial charge on any atom is 0.261 e. The van der Waals surface area contributed by atoms with Gasteiger partial charge in [-0.2, -0.15) is 0 Å². The maximum absolute atomic E-state index is 13.1. The number of hydrogen-bond donors (Lipinski definition) is 1. The van der Waals surface area contributed by atoms with Crippen molar-refractivity contribution in [2.45, 2.75) is 50.5 Å². The Morgan fingerprint density at radius 1 is 0.939 bits per heavy atom. The largest absolute Gasteiger partial charge is 0.298 e. The molecule has 0 saturated heterocycles. The molecular weight excluding hydrogens is 435 g/mol. The van der Waals surface area contributed by atoms with E-state index in [-0.39, 0.29) is 10.3 Å². The molecule has 0 bridgehead atoms. The number of benzene rings is 3. The number of anilines is 1. The Labute approximate surface area is 196 Å². The van der Waals surface area contributed by atoms with Gasteiger partial charge in [0.25, 0.3) is 10.0 Å². The first-order valence-electron chi connectivity index (χ1n) is 11.3. The fraction of sp³-hybridized carbons (Fsp3) is 0.333. The number of rotatable bonds is 6. The predicted octanol–water partition coefficient (Wildman–Crippen LogP) is 5.52. The molecule has 1 heterocycles. The SMILES string of the molecule is CC(C)(C)c1ccc(CCN2CCc3ccc(S(=O)(=O)Nc4ccc(F)cc4)cc3C2)cc1. The smallest absolute Gasteiger partial charge is 0.261 e. The molecule has 33 heavy (non-hydrogen) atoms. The van der Waals surface area contributed by atoms with Gasteiger partial charge < -0.3 is 0 Å². The van der Waals surface area contributed by atoms with Gasteiger partial charge in [0.1, 0.15) is 5.82 Å². The van der Waals surface area contributed by atoms with Gasteiger partial charge in [0.2, 0.25) is 0 Å². The second-order valence-corrected chi connectivity index (χ2v) is 11.4. The molecular formula is C27H31FN2O2S. The second kappa shape index (κ2) is 9.27. The highest BCUT2D eigenvalue weighted by Crippen LogP contribution is 2.25. The van der Waals surface area contributed by atoms with Crippen molar-refractivity contribution in [3.8, 4) is 0 Å². The highest BCUT2D eigenvalue weighted by molar-refractivity contribution is 7.92. The first-order valence-corrected chi connectivity index (χ1v) is 12.8. The fourth-order valence-electron chi connectivity index (χ4n) is 4.14. The van der Waals surface area contributed by atoms with Gasteiger partial charge in [0.05, 0.1) is 4.90 Å². The van der Waals surface area contributed by atoms with Crippen LogP contribution in [0.25, 0.3) is 0 Å². The zero-order valence-electron chi connectivity index (χ0n) is 19.4. The second-order valence-electron chi connectivity index (χ2n) is 9.77. The third-order valence-corrected chi connectivity index (χ3v) is 7.59. The lowest BCUT2D eigenvalue weighted by Crippen LogP contribution is -2.32. The molecule has 3 aromatic rings. The van der Waals surface area contributed by atoms with E-state index in [0.29, 0.717) is 5.69 Å². The van der Waals surface area contributed by atoms with Gasteiger partial charge in [-0.25, -0.2) is 12.8 Å². The normalized spacial score (nSPS) is 14.7. The summed E-state index contributed by atoms with van der Waals surface area (Å²) in [5.41, 5.74) is 5.38. The minimum atomic E-state index is -3.74. The number of sulfonamides is 1. The molecule has 0 atom stereocenters. The van der Waals surface area contributed by atoms with Crippen molar-refractivity contribution in [3.63, 3.8) is 0 Å². The van der Waals surface area contributed by atoms with E-state index >= 15 is 0 Å². The van der Waals surface area contributed by atoms with E-state index in [1.54, 1.807) is 12.1 Å². The third kappa shape index (κ3) is 5.81. The summed E-state index contributed by atoms with van der Waals surface area (Å²) in [7, 11) is -3.74. The standard InChI is InChI=1S/C27H31FN2O2S/c1-27(2,3)23-7-4-20(5-8-23)14-16-30-17-15-21-6-13-26(18-22(21)19-30)33(31,32)29-25-11-9-24(28)10-12-25/h4-13,18,29H,14-17,19H2,1-3H3. The van der Waals surface area contributed by atoms with E-state index in [0.717, 1.165) is 38.0 Å². The molecule has 6 heteroatoms. The van der Waals surface area contributed by atoms with Crippen LogP contribution in [0.1, 0.15) is 43.0 Å². The van der Waals surface area contributed by atoms with Crippen molar-refractivity contribution in [1.29, 1.82) is 0 Å². The van der Waals surface area contributed by atoms with E-state index < -0.39 is 15.8 Å². The number of nitrogens with one attached hydrogen (secondary N) is 1. The van der Waals surface area contributed by atoms with E-state index in [1.165, 1.54) is 41.0 Å². The first-order chi connectivity index (χ1) is 15.6. The molecule has 0 aromatic heterocycles. The number of fused-ring (bicyclic) bond motifs is 1. The summed E-state index contributed by atoms with van der Waals surface area (Å²) >= 11 is 0. The van der Waals surface area contributed by atoms with Crippen LogP contribution in [0.5, 0.6) is 0 Å². The lowest BCUT2D eigenvalue weighted by Gasteiger charge is -2.29. The molecule has 174 valence electrons. The first kappa shape index (κ1) is 23.5. The van der Waals surface area contributed by atoms with Crippen LogP contribution in [0, 0.1) is 5.82 Å². The summed E-state index contributed by atoms with van der Waals surface area (Å²) in [4.78, 5) is 2.61. The lowest BCUT2D eigenvalue weighted by molar-refractivity contribution is 0.257. The van der Waals surface area contributed by atoms with Crippen LogP contribution >= 0.6 is 0 Å². The molecule has 1 aliphatic rings. The minimum absolute atomic E-state index is 0.151. The summed E-state index contributed by atoms with van der Waals surface area (Å²) in [5.74, 6) is -0.406.